The summed E-state index contributed by atoms with van der Waals surface area (Å²) in [4.78, 5) is 1.92. The lowest BCUT2D eigenvalue weighted by atomic mass is 10.1. The molecule has 0 bridgehead atoms. The van der Waals surface area contributed by atoms with E-state index in [4.69, 9.17) is 0 Å². The van der Waals surface area contributed by atoms with Gasteiger partial charge in [0.15, 0.2) is 0 Å². The third-order valence-corrected chi connectivity index (χ3v) is 2.75. The minimum absolute atomic E-state index is 0.276. The van der Waals surface area contributed by atoms with Crippen LogP contribution in [0.5, 0.6) is 0 Å². The van der Waals surface area contributed by atoms with Gasteiger partial charge in [-0.1, -0.05) is 6.92 Å². The van der Waals surface area contributed by atoms with Crippen LogP contribution in [-0.4, -0.2) is 43.0 Å². The molecule has 1 saturated heterocycles. The first-order valence-electron chi connectivity index (χ1n) is 4.91. The first-order chi connectivity index (χ1) is 6.16. The smallest absolute Gasteiger partial charge is 0.253 e. The molecule has 0 aliphatic carbocycles. The average Bonchev–Trinajstić information content (AvgIpc) is 2.16. The van der Waals surface area contributed by atoms with Gasteiger partial charge in [0.05, 0.1) is 6.04 Å². The van der Waals surface area contributed by atoms with Gasteiger partial charge in [-0.25, -0.2) is 8.78 Å². The van der Waals surface area contributed by atoms with Crippen molar-refractivity contribution in [3.8, 4) is 0 Å². The van der Waals surface area contributed by atoms with Crippen LogP contribution in [0.3, 0.4) is 0 Å². The minimum Gasteiger partial charge on any atom is -0.314 e. The van der Waals surface area contributed by atoms with E-state index in [2.05, 4.69) is 5.32 Å². The van der Waals surface area contributed by atoms with Crippen LogP contribution in [0.15, 0.2) is 0 Å². The molecule has 2 nitrogen and oxygen atoms in total. The zero-order valence-electron chi connectivity index (χ0n) is 8.26. The minimum atomic E-state index is -2.23. The fourth-order valence-electron chi connectivity index (χ4n) is 1.84. The summed E-state index contributed by atoms with van der Waals surface area (Å²) >= 11 is 0. The molecule has 78 valence electrons. The number of hydrogen-bond acceptors (Lipinski definition) is 2. The molecule has 1 heterocycles. The molecule has 13 heavy (non-hydrogen) atoms. The number of nitrogens with one attached hydrogen (secondary N) is 1. The van der Waals surface area contributed by atoms with Gasteiger partial charge < -0.3 is 5.32 Å². The fraction of sp³-hybridized carbons (Fsp3) is 1.00. The molecule has 0 amide bonds. The largest absolute Gasteiger partial charge is 0.314 e. The molecule has 1 aliphatic heterocycles. The van der Waals surface area contributed by atoms with Gasteiger partial charge in [0, 0.05) is 25.7 Å². The van der Waals surface area contributed by atoms with Crippen molar-refractivity contribution in [3.63, 3.8) is 0 Å². The molecule has 0 spiro atoms. The highest BCUT2D eigenvalue weighted by molar-refractivity contribution is 4.83. The van der Waals surface area contributed by atoms with Gasteiger partial charge >= 0.3 is 0 Å². The summed E-state index contributed by atoms with van der Waals surface area (Å²) in [7, 11) is 0. The van der Waals surface area contributed by atoms with Crippen molar-refractivity contribution in [2.45, 2.75) is 38.8 Å². The van der Waals surface area contributed by atoms with Crippen molar-refractivity contribution in [1.82, 2.24) is 10.2 Å². The highest BCUT2D eigenvalue weighted by Gasteiger charge is 2.29. The molecule has 0 radical (unpaired) electrons. The predicted octanol–water partition coefficient (Wildman–Crippen LogP) is 1.32. The summed E-state index contributed by atoms with van der Waals surface area (Å²) in [5.41, 5.74) is 0. The van der Waals surface area contributed by atoms with Gasteiger partial charge in [0.1, 0.15) is 0 Å². The van der Waals surface area contributed by atoms with Gasteiger partial charge in [-0.05, 0) is 13.3 Å². The maximum atomic E-state index is 12.5. The Bertz CT molecular complexity index is 151. The van der Waals surface area contributed by atoms with E-state index < -0.39 is 12.5 Å². The van der Waals surface area contributed by atoms with Gasteiger partial charge in [0.2, 0.25) is 0 Å². The Morgan fingerprint density at radius 2 is 2.23 bits per heavy atom. The number of piperazine rings is 1. The van der Waals surface area contributed by atoms with E-state index in [-0.39, 0.29) is 6.04 Å². The lowest BCUT2D eigenvalue weighted by Crippen LogP contribution is -2.55. The molecule has 1 fully saturated rings. The summed E-state index contributed by atoms with van der Waals surface area (Å²) in [5, 5.41) is 3.22. The van der Waals surface area contributed by atoms with Crippen LogP contribution >= 0.6 is 0 Å². The van der Waals surface area contributed by atoms with Crippen LogP contribution in [0.2, 0.25) is 0 Å². The highest BCUT2D eigenvalue weighted by Crippen LogP contribution is 2.16. The van der Waals surface area contributed by atoms with Crippen molar-refractivity contribution in [3.05, 3.63) is 0 Å². The van der Waals surface area contributed by atoms with Crippen molar-refractivity contribution in [2.75, 3.05) is 19.6 Å². The maximum Gasteiger partial charge on any atom is 0.253 e. The molecule has 0 aromatic heterocycles. The quantitative estimate of drug-likeness (QED) is 0.725. The second-order valence-electron chi connectivity index (χ2n) is 3.58. The van der Waals surface area contributed by atoms with Gasteiger partial charge in [0.25, 0.3) is 6.43 Å². The molecule has 0 saturated carbocycles. The molecule has 2 atom stereocenters. The van der Waals surface area contributed by atoms with E-state index in [0.29, 0.717) is 0 Å². The average molecular weight is 192 g/mol. The van der Waals surface area contributed by atoms with E-state index in [1.54, 1.807) is 6.92 Å². The molecular formula is C9H18F2N2. The summed E-state index contributed by atoms with van der Waals surface area (Å²) in [6.45, 7) is 6.06. The second kappa shape index (κ2) is 4.86. The normalized spacial score (nSPS) is 27.9. The van der Waals surface area contributed by atoms with Gasteiger partial charge in [-0.2, -0.15) is 0 Å². The Morgan fingerprint density at radius 3 is 2.77 bits per heavy atom. The Morgan fingerprint density at radius 1 is 1.54 bits per heavy atom. The molecule has 1 aliphatic rings. The zero-order valence-corrected chi connectivity index (χ0v) is 8.26. The molecule has 4 heteroatoms. The molecule has 1 rings (SSSR count). The van der Waals surface area contributed by atoms with Crippen molar-refractivity contribution in [2.24, 2.45) is 0 Å². The van der Waals surface area contributed by atoms with Crippen LogP contribution in [0.25, 0.3) is 0 Å². The fourth-order valence-corrected chi connectivity index (χ4v) is 1.84. The molecule has 0 aromatic carbocycles. The second-order valence-corrected chi connectivity index (χ2v) is 3.58. The van der Waals surface area contributed by atoms with E-state index in [1.807, 2.05) is 11.8 Å². The standard InChI is InChI=1S/C9H18F2N2/c1-3-8-6-12-4-5-13(8)7(2)9(10)11/h7-9,12H,3-6H2,1-2H3. The van der Waals surface area contributed by atoms with E-state index in [0.717, 1.165) is 26.1 Å². The number of hydrogen-bond donors (Lipinski definition) is 1. The Labute approximate surface area is 78.3 Å². The van der Waals surface area contributed by atoms with Gasteiger partial charge in [-0.15, -0.1) is 0 Å². The third kappa shape index (κ3) is 2.61. The number of nitrogens with zero attached hydrogens (tertiary/aromatic N) is 1. The molecule has 1 N–H and O–H groups in total. The Kier molecular flexibility index (Phi) is 4.06. The van der Waals surface area contributed by atoms with Crippen LogP contribution in [0.1, 0.15) is 20.3 Å². The number of halogens is 2. The summed E-state index contributed by atoms with van der Waals surface area (Å²) < 4.78 is 24.9. The van der Waals surface area contributed by atoms with E-state index in [1.165, 1.54) is 0 Å². The monoisotopic (exact) mass is 192 g/mol. The Hall–Kier alpha value is -0.220. The summed E-state index contributed by atoms with van der Waals surface area (Å²) in [6, 6.07) is -0.329. The zero-order chi connectivity index (χ0) is 9.84. The van der Waals surface area contributed by atoms with Crippen LogP contribution in [0, 0.1) is 0 Å². The first-order valence-corrected chi connectivity index (χ1v) is 4.91. The Balaban J connectivity index is 2.53. The lowest BCUT2D eigenvalue weighted by molar-refractivity contribution is 0.00198. The van der Waals surface area contributed by atoms with Crippen LogP contribution in [0.4, 0.5) is 8.78 Å². The van der Waals surface area contributed by atoms with E-state index in [9.17, 15) is 8.78 Å². The number of rotatable bonds is 3. The topological polar surface area (TPSA) is 15.3 Å². The summed E-state index contributed by atoms with van der Waals surface area (Å²) in [6.07, 6.45) is -1.29. The van der Waals surface area contributed by atoms with Crippen LogP contribution < -0.4 is 5.32 Å². The van der Waals surface area contributed by atoms with Gasteiger partial charge in [-0.3, -0.25) is 4.90 Å². The third-order valence-electron chi connectivity index (χ3n) is 2.75. The predicted molar refractivity (Wildman–Crippen MR) is 49.1 cm³/mol. The molecule has 2 unspecified atom stereocenters. The number of alkyl halides is 2. The van der Waals surface area contributed by atoms with Crippen LogP contribution in [-0.2, 0) is 0 Å². The molecular weight excluding hydrogens is 174 g/mol. The van der Waals surface area contributed by atoms with Crippen molar-refractivity contribution in [1.29, 1.82) is 0 Å². The first kappa shape index (κ1) is 10.9. The lowest BCUT2D eigenvalue weighted by Gasteiger charge is -2.39. The highest BCUT2D eigenvalue weighted by atomic mass is 19.3. The molecule has 0 aromatic rings. The van der Waals surface area contributed by atoms with Crippen molar-refractivity contribution >= 4 is 0 Å². The van der Waals surface area contributed by atoms with E-state index >= 15 is 0 Å². The summed E-state index contributed by atoms with van der Waals surface area (Å²) in [5.74, 6) is 0. The van der Waals surface area contributed by atoms with Crippen molar-refractivity contribution < 1.29 is 8.78 Å². The SMILES string of the molecule is CCC1CNCCN1C(C)C(F)F. The maximum absolute atomic E-state index is 12.5.